The fourth-order valence-electron chi connectivity index (χ4n) is 3.70. The molecule has 2 heterocycles. The average molecular weight is 317 g/mol. The molecule has 6 heteroatoms. The summed E-state index contributed by atoms with van der Waals surface area (Å²) in [5.74, 6) is -2.30. The Morgan fingerprint density at radius 1 is 1.30 bits per heavy atom. The van der Waals surface area contributed by atoms with Crippen LogP contribution in [0.3, 0.4) is 0 Å². The Bertz CT molecular complexity index is 678. The van der Waals surface area contributed by atoms with Crippen LogP contribution in [0.15, 0.2) is 18.2 Å². The molecule has 0 saturated carbocycles. The van der Waals surface area contributed by atoms with Gasteiger partial charge in [0.05, 0.1) is 13.7 Å². The Balaban J connectivity index is 2.11. The molecule has 2 aliphatic heterocycles. The standard InChI is InChI=1S/C17H19NO5/c1-10-5-4-6-11(2)14(10)18-8-17(16(21)22-3)9-23-7-12(19)13(17)15(18)20/h4-6,13H,7-9H2,1-3H3. The molecule has 3 rings (SSSR count). The van der Waals surface area contributed by atoms with E-state index in [1.165, 1.54) is 7.11 Å². The van der Waals surface area contributed by atoms with Gasteiger partial charge in [0.1, 0.15) is 17.9 Å². The minimum atomic E-state index is -1.25. The first-order valence-corrected chi connectivity index (χ1v) is 7.49. The second kappa shape index (κ2) is 5.45. The molecule has 1 aromatic carbocycles. The number of fused-ring (bicyclic) bond motifs is 1. The molecular weight excluding hydrogens is 298 g/mol. The summed E-state index contributed by atoms with van der Waals surface area (Å²) in [4.78, 5) is 39.1. The molecule has 0 bridgehead atoms. The van der Waals surface area contributed by atoms with E-state index in [2.05, 4.69) is 0 Å². The fraction of sp³-hybridized carbons (Fsp3) is 0.471. The van der Waals surface area contributed by atoms with Gasteiger partial charge in [0.25, 0.3) is 0 Å². The molecule has 0 N–H and O–H groups in total. The van der Waals surface area contributed by atoms with Gasteiger partial charge in [-0.1, -0.05) is 18.2 Å². The quantitative estimate of drug-likeness (QED) is 0.601. The first-order chi connectivity index (χ1) is 10.9. The molecule has 0 radical (unpaired) electrons. The summed E-state index contributed by atoms with van der Waals surface area (Å²) < 4.78 is 10.2. The van der Waals surface area contributed by atoms with Crippen LogP contribution in [0.4, 0.5) is 5.69 Å². The van der Waals surface area contributed by atoms with E-state index in [1.807, 2.05) is 32.0 Å². The highest BCUT2D eigenvalue weighted by atomic mass is 16.5. The molecule has 1 aromatic rings. The van der Waals surface area contributed by atoms with Crippen molar-refractivity contribution in [1.29, 1.82) is 0 Å². The molecule has 0 spiro atoms. The van der Waals surface area contributed by atoms with Crippen LogP contribution in [0.1, 0.15) is 11.1 Å². The number of para-hydroxylation sites is 1. The minimum absolute atomic E-state index is 0.0171. The molecule has 23 heavy (non-hydrogen) atoms. The van der Waals surface area contributed by atoms with Gasteiger partial charge in [0, 0.05) is 12.2 Å². The third-order valence-corrected chi connectivity index (χ3v) is 4.73. The van der Waals surface area contributed by atoms with Crippen LogP contribution in [0, 0.1) is 25.2 Å². The van der Waals surface area contributed by atoms with Crippen molar-refractivity contribution in [3.05, 3.63) is 29.3 Å². The largest absolute Gasteiger partial charge is 0.468 e. The predicted molar refractivity (Wildman–Crippen MR) is 82.0 cm³/mol. The molecule has 0 aromatic heterocycles. The Hall–Kier alpha value is -2.21. The lowest BCUT2D eigenvalue weighted by Crippen LogP contribution is -2.51. The van der Waals surface area contributed by atoms with E-state index in [4.69, 9.17) is 9.47 Å². The highest BCUT2D eigenvalue weighted by Crippen LogP contribution is 2.44. The zero-order valence-electron chi connectivity index (χ0n) is 13.4. The van der Waals surface area contributed by atoms with Gasteiger partial charge in [0.2, 0.25) is 5.91 Å². The predicted octanol–water partition coefficient (Wildman–Crippen LogP) is 1.02. The number of carbonyl (C=O) groups is 3. The van der Waals surface area contributed by atoms with E-state index >= 15 is 0 Å². The van der Waals surface area contributed by atoms with Gasteiger partial charge < -0.3 is 14.4 Å². The van der Waals surface area contributed by atoms with Crippen LogP contribution in [-0.4, -0.2) is 44.5 Å². The van der Waals surface area contributed by atoms with Crippen LogP contribution in [-0.2, 0) is 23.9 Å². The number of aryl methyl sites for hydroxylation is 2. The van der Waals surface area contributed by atoms with Crippen molar-refractivity contribution in [3.8, 4) is 0 Å². The average Bonchev–Trinajstić information content (AvgIpc) is 2.82. The zero-order valence-corrected chi connectivity index (χ0v) is 13.4. The summed E-state index contributed by atoms with van der Waals surface area (Å²) in [6.07, 6.45) is 0. The lowest BCUT2D eigenvalue weighted by molar-refractivity contribution is -0.170. The summed E-state index contributed by atoms with van der Waals surface area (Å²) in [6.45, 7) is 3.78. The number of Topliss-reactive ketones (excluding diaryl/α,β-unsaturated/α-hetero) is 1. The van der Waals surface area contributed by atoms with E-state index in [1.54, 1.807) is 4.90 Å². The summed E-state index contributed by atoms with van der Waals surface area (Å²) in [5.41, 5.74) is 1.34. The molecule has 0 aliphatic carbocycles. The van der Waals surface area contributed by atoms with Crippen LogP contribution < -0.4 is 4.90 Å². The van der Waals surface area contributed by atoms with E-state index in [0.29, 0.717) is 0 Å². The summed E-state index contributed by atoms with van der Waals surface area (Å²) >= 11 is 0. The highest BCUT2D eigenvalue weighted by Gasteiger charge is 2.63. The van der Waals surface area contributed by atoms with Crippen LogP contribution in [0.25, 0.3) is 0 Å². The maximum absolute atomic E-state index is 12.9. The second-order valence-electron chi connectivity index (χ2n) is 6.20. The van der Waals surface area contributed by atoms with Gasteiger partial charge in [-0.25, -0.2) is 0 Å². The number of benzene rings is 1. The number of ether oxygens (including phenoxy) is 2. The number of carbonyl (C=O) groups excluding carboxylic acids is 3. The van der Waals surface area contributed by atoms with Gasteiger partial charge in [-0.05, 0) is 25.0 Å². The number of methoxy groups -OCH3 is 1. The third-order valence-electron chi connectivity index (χ3n) is 4.73. The minimum Gasteiger partial charge on any atom is -0.468 e. The number of hydrogen-bond acceptors (Lipinski definition) is 5. The number of ketones is 1. The van der Waals surface area contributed by atoms with E-state index in [0.717, 1.165) is 16.8 Å². The Labute approximate surface area is 134 Å². The topological polar surface area (TPSA) is 72.9 Å². The van der Waals surface area contributed by atoms with E-state index in [9.17, 15) is 14.4 Å². The smallest absolute Gasteiger partial charge is 0.317 e. The Kier molecular flexibility index (Phi) is 3.72. The van der Waals surface area contributed by atoms with Crippen molar-refractivity contribution >= 4 is 23.3 Å². The van der Waals surface area contributed by atoms with Crippen molar-refractivity contribution < 1.29 is 23.9 Å². The second-order valence-corrected chi connectivity index (χ2v) is 6.20. The molecule has 2 saturated heterocycles. The van der Waals surface area contributed by atoms with Crippen LogP contribution in [0.5, 0.6) is 0 Å². The van der Waals surface area contributed by atoms with Crippen LogP contribution >= 0.6 is 0 Å². The highest BCUT2D eigenvalue weighted by molar-refractivity contribution is 6.16. The molecule has 2 fully saturated rings. The van der Waals surface area contributed by atoms with Crippen molar-refractivity contribution in [3.63, 3.8) is 0 Å². The number of esters is 1. The lowest BCUT2D eigenvalue weighted by atomic mass is 9.74. The number of nitrogens with zero attached hydrogens (tertiary/aromatic N) is 1. The van der Waals surface area contributed by atoms with E-state index in [-0.39, 0.29) is 31.4 Å². The van der Waals surface area contributed by atoms with Gasteiger partial charge in [-0.15, -0.1) is 0 Å². The lowest BCUT2D eigenvalue weighted by Gasteiger charge is -2.32. The molecule has 2 atom stereocenters. The van der Waals surface area contributed by atoms with E-state index < -0.39 is 17.3 Å². The monoisotopic (exact) mass is 317 g/mol. The van der Waals surface area contributed by atoms with Gasteiger partial charge in [-0.2, -0.15) is 0 Å². The molecule has 6 nitrogen and oxygen atoms in total. The summed E-state index contributed by atoms with van der Waals surface area (Å²) in [7, 11) is 1.26. The maximum Gasteiger partial charge on any atom is 0.317 e. The van der Waals surface area contributed by atoms with Gasteiger partial charge in [0.15, 0.2) is 5.78 Å². The molecule has 1 amide bonds. The third kappa shape index (κ3) is 2.16. The maximum atomic E-state index is 12.9. The van der Waals surface area contributed by atoms with Gasteiger partial charge in [-0.3, -0.25) is 14.4 Å². The van der Waals surface area contributed by atoms with Crippen molar-refractivity contribution in [2.45, 2.75) is 13.8 Å². The van der Waals surface area contributed by atoms with Crippen molar-refractivity contribution in [2.24, 2.45) is 11.3 Å². The van der Waals surface area contributed by atoms with Crippen LogP contribution in [0.2, 0.25) is 0 Å². The number of rotatable bonds is 2. The summed E-state index contributed by atoms with van der Waals surface area (Å²) in [5, 5.41) is 0. The normalized spacial score (nSPS) is 27.1. The zero-order chi connectivity index (χ0) is 16.8. The Morgan fingerprint density at radius 3 is 2.57 bits per heavy atom. The first-order valence-electron chi connectivity index (χ1n) is 7.49. The van der Waals surface area contributed by atoms with Crippen molar-refractivity contribution in [1.82, 2.24) is 0 Å². The number of anilines is 1. The molecule has 122 valence electrons. The SMILES string of the molecule is COC(=O)C12COCC(=O)C1C(=O)N(c1c(C)cccc1C)C2. The first kappa shape index (κ1) is 15.7. The molecule has 2 aliphatic rings. The van der Waals surface area contributed by atoms with Gasteiger partial charge >= 0.3 is 5.97 Å². The van der Waals surface area contributed by atoms with Crippen molar-refractivity contribution in [2.75, 3.05) is 31.8 Å². The molecule has 2 unspecified atom stereocenters. The fourth-order valence-corrected chi connectivity index (χ4v) is 3.70. The number of amides is 1. The Morgan fingerprint density at radius 2 is 1.96 bits per heavy atom. The molecular formula is C17H19NO5. The summed E-state index contributed by atoms with van der Waals surface area (Å²) in [6, 6.07) is 5.72. The number of hydrogen-bond donors (Lipinski definition) is 0.